The summed E-state index contributed by atoms with van der Waals surface area (Å²) >= 11 is 0. The van der Waals surface area contributed by atoms with Crippen molar-refractivity contribution in [2.45, 2.75) is 13.0 Å². The number of halogens is 2. The molecule has 1 aromatic carbocycles. The summed E-state index contributed by atoms with van der Waals surface area (Å²) in [7, 11) is 1.58. The molecule has 76 valence electrons. The second-order valence-corrected chi connectivity index (χ2v) is 3.12. The number of amides is 1. The summed E-state index contributed by atoms with van der Waals surface area (Å²) in [5, 5.41) is 0. The van der Waals surface area contributed by atoms with Gasteiger partial charge in [0.05, 0.1) is 6.04 Å². The third-order valence-corrected chi connectivity index (χ3v) is 2.20. The highest BCUT2D eigenvalue weighted by Crippen LogP contribution is 2.19. The molecule has 14 heavy (non-hydrogen) atoms. The molecule has 4 heteroatoms. The van der Waals surface area contributed by atoms with Gasteiger partial charge in [0.2, 0.25) is 6.41 Å². The number of carbonyl (C=O) groups excluding carboxylic acids is 1. The number of carbonyl (C=O) groups is 1. The molecule has 0 heterocycles. The maximum absolute atomic E-state index is 12.8. The molecule has 0 saturated heterocycles. The molecule has 0 radical (unpaired) electrons. The van der Waals surface area contributed by atoms with E-state index in [2.05, 4.69) is 0 Å². The van der Waals surface area contributed by atoms with Crippen LogP contribution in [0.1, 0.15) is 18.5 Å². The Hall–Kier alpha value is -1.45. The number of nitrogens with zero attached hydrogens (tertiary/aromatic N) is 1. The van der Waals surface area contributed by atoms with E-state index in [-0.39, 0.29) is 6.04 Å². The summed E-state index contributed by atoms with van der Waals surface area (Å²) < 4.78 is 25.4. The second kappa shape index (κ2) is 4.17. The van der Waals surface area contributed by atoms with E-state index in [1.165, 1.54) is 11.0 Å². The maximum Gasteiger partial charge on any atom is 0.209 e. The smallest absolute Gasteiger partial charge is 0.209 e. The van der Waals surface area contributed by atoms with E-state index < -0.39 is 11.6 Å². The Balaban J connectivity index is 2.96. The maximum atomic E-state index is 12.8. The second-order valence-electron chi connectivity index (χ2n) is 3.12. The predicted molar refractivity (Wildman–Crippen MR) is 48.6 cm³/mol. The van der Waals surface area contributed by atoms with Crippen LogP contribution in [0.25, 0.3) is 0 Å². The Bertz CT molecular complexity index is 341. The summed E-state index contributed by atoms with van der Waals surface area (Å²) in [6, 6.07) is 3.35. The average Bonchev–Trinajstić information content (AvgIpc) is 2.20. The zero-order chi connectivity index (χ0) is 10.7. The van der Waals surface area contributed by atoms with Gasteiger partial charge in [0.25, 0.3) is 0 Å². The normalized spacial score (nSPS) is 12.3. The Morgan fingerprint density at radius 3 is 2.50 bits per heavy atom. The molecule has 0 N–H and O–H groups in total. The summed E-state index contributed by atoms with van der Waals surface area (Å²) in [5.74, 6) is -1.77. The van der Waals surface area contributed by atoms with Crippen molar-refractivity contribution in [2.24, 2.45) is 0 Å². The standard InChI is InChI=1S/C10H11F2NO/c1-7(13(2)6-14)8-3-4-9(11)10(12)5-8/h3-7H,1-2H3. The fourth-order valence-corrected chi connectivity index (χ4v) is 1.10. The first-order chi connectivity index (χ1) is 6.56. The fourth-order valence-electron chi connectivity index (χ4n) is 1.10. The molecule has 1 rings (SSSR count). The molecular formula is C10H11F2NO. The average molecular weight is 199 g/mol. The van der Waals surface area contributed by atoms with Crippen molar-refractivity contribution < 1.29 is 13.6 Å². The summed E-state index contributed by atoms with van der Waals surface area (Å²) in [6.45, 7) is 1.74. The highest BCUT2D eigenvalue weighted by Gasteiger charge is 2.11. The van der Waals surface area contributed by atoms with E-state index in [9.17, 15) is 13.6 Å². The number of hydrogen-bond donors (Lipinski definition) is 0. The molecule has 1 amide bonds. The molecule has 0 fully saturated rings. The minimum Gasteiger partial charge on any atom is -0.342 e. The first kappa shape index (κ1) is 10.6. The van der Waals surface area contributed by atoms with Gasteiger partial charge in [-0.3, -0.25) is 4.79 Å². The quantitative estimate of drug-likeness (QED) is 0.683. The number of benzene rings is 1. The van der Waals surface area contributed by atoms with Crippen LogP contribution in [0.5, 0.6) is 0 Å². The summed E-state index contributed by atoms with van der Waals surface area (Å²) in [6.07, 6.45) is 0.645. The molecule has 0 aliphatic carbocycles. The van der Waals surface area contributed by atoms with Gasteiger partial charge >= 0.3 is 0 Å². The molecule has 0 aromatic heterocycles. The van der Waals surface area contributed by atoms with Crippen molar-refractivity contribution in [3.05, 3.63) is 35.4 Å². The third kappa shape index (κ3) is 2.07. The van der Waals surface area contributed by atoms with Crippen LogP contribution in [0.15, 0.2) is 18.2 Å². The largest absolute Gasteiger partial charge is 0.342 e. The third-order valence-electron chi connectivity index (χ3n) is 2.20. The van der Waals surface area contributed by atoms with Gasteiger partial charge < -0.3 is 4.90 Å². The van der Waals surface area contributed by atoms with Crippen molar-refractivity contribution in [2.75, 3.05) is 7.05 Å². The first-order valence-electron chi connectivity index (χ1n) is 4.18. The van der Waals surface area contributed by atoms with Crippen LogP contribution in [-0.4, -0.2) is 18.4 Å². The molecule has 1 atom stereocenters. The van der Waals surface area contributed by atoms with Gasteiger partial charge in [-0.1, -0.05) is 6.07 Å². The number of hydrogen-bond acceptors (Lipinski definition) is 1. The van der Waals surface area contributed by atoms with E-state index in [1.807, 2.05) is 0 Å². The Morgan fingerprint density at radius 1 is 1.36 bits per heavy atom. The zero-order valence-electron chi connectivity index (χ0n) is 8.00. The van der Waals surface area contributed by atoms with E-state index in [0.29, 0.717) is 12.0 Å². The summed E-state index contributed by atoms with van der Waals surface area (Å²) in [5.41, 5.74) is 0.568. The van der Waals surface area contributed by atoms with Gasteiger partial charge in [-0.2, -0.15) is 0 Å². The molecule has 0 aliphatic heterocycles. The number of rotatable bonds is 3. The molecule has 1 unspecified atom stereocenters. The van der Waals surface area contributed by atoms with E-state index in [1.54, 1.807) is 14.0 Å². The van der Waals surface area contributed by atoms with Crippen molar-refractivity contribution in [3.63, 3.8) is 0 Å². The molecular weight excluding hydrogens is 188 g/mol. The van der Waals surface area contributed by atoms with Crippen LogP contribution in [-0.2, 0) is 4.79 Å². The SMILES string of the molecule is CC(c1ccc(F)c(F)c1)N(C)C=O. The Morgan fingerprint density at radius 2 is 2.00 bits per heavy atom. The molecule has 0 saturated carbocycles. The minimum absolute atomic E-state index is 0.261. The molecule has 0 bridgehead atoms. The lowest BCUT2D eigenvalue weighted by molar-refractivity contribution is -0.118. The van der Waals surface area contributed by atoms with Crippen LogP contribution in [0, 0.1) is 11.6 Å². The van der Waals surface area contributed by atoms with Crippen molar-refractivity contribution in [3.8, 4) is 0 Å². The van der Waals surface area contributed by atoms with Gasteiger partial charge in [-0.05, 0) is 24.6 Å². The van der Waals surface area contributed by atoms with Crippen LogP contribution in [0.4, 0.5) is 8.78 Å². The Labute approximate surface area is 81.1 Å². The Kier molecular flexibility index (Phi) is 3.17. The topological polar surface area (TPSA) is 20.3 Å². The predicted octanol–water partition coefficient (Wildman–Crippen LogP) is 2.11. The van der Waals surface area contributed by atoms with Crippen molar-refractivity contribution in [1.29, 1.82) is 0 Å². The molecule has 2 nitrogen and oxygen atoms in total. The van der Waals surface area contributed by atoms with Crippen molar-refractivity contribution in [1.82, 2.24) is 4.90 Å². The van der Waals surface area contributed by atoms with Gasteiger partial charge in [0, 0.05) is 7.05 Å². The molecule has 1 aromatic rings. The molecule has 0 spiro atoms. The van der Waals surface area contributed by atoms with E-state index in [0.717, 1.165) is 12.1 Å². The minimum atomic E-state index is -0.895. The van der Waals surface area contributed by atoms with E-state index in [4.69, 9.17) is 0 Å². The lowest BCUT2D eigenvalue weighted by atomic mass is 10.1. The lowest BCUT2D eigenvalue weighted by Gasteiger charge is -2.20. The summed E-state index contributed by atoms with van der Waals surface area (Å²) in [4.78, 5) is 11.8. The lowest BCUT2D eigenvalue weighted by Crippen LogP contribution is -2.20. The monoisotopic (exact) mass is 199 g/mol. The van der Waals surface area contributed by atoms with Gasteiger partial charge in [-0.25, -0.2) is 8.78 Å². The van der Waals surface area contributed by atoms with Gasteiger partial charge in [-0.15, -0.1) is 0 Å². The van der Waals surface area contributed by atoms with Gasteiger partial charge in [0.1, 0.15) is 0 Å². The van der Waals surface area contributed by atoms with Crippen LogP contribution >= 0.6 is 0 Å². The zero-order valence-corrected chi connectivity index (χ0v) is 8.00. The highest BCUT2D eigenvalue weighted by molar-refractivity contribution is 5.48. The first-order valence-corrected chi connectivity index (χ1v) is 4.18. The van der Waals surface area contributed by atoms with Crippen molar-refractivity contribution >= 4 is 6.41 Å². The van der Waals surface area contributed by atoms with Crippen LogP contribution in [0.3, 0.4) is 0 Å². The van der Waals surface area contributed by atoms with E-state index >= 15 is 0 Å². The fraction of sp³-hybridized carbons (Fsp3) is 0.300. The highest BCUT2D eigenvalue weighted by atomic mass is 19.2. The van der Waals surface area contributed by atoms with Gasteiger partial charge in [0.15, 0.2) is 11.6 Å². The van der Waals surface area contributed by atoms with Crippen LogP contribution < -0.4 is 0 Å². The van der Waals surface area contributed by atoms with Crippen LogP contribution in [0.2, 0.25) is 0 Å². The molecule has 0 aliphatic rings.